The molecule has 3 heterocycles. The average Bonchev–Trinajstić information content (AvgIpc) is 2.81. The number of nitriles is 1. The van der Waals surface area contributed by atoms with E-state index in [1.54, 1.807) is 36.8 Å². The minimum absolute atomic E-state index is 0.373. The topological polar surface area (TPSA) is 110 Å². The summed E-state index contributed by atoms with van der Waals surface area (Å²) in [6, 6.07) is 9.29. The molecular formula is C22H22N6O2. The molecule has 152 valence electrons. The summed E-state index contributed by atoms with van der Waals surface area (Å²) in [6.45, 7) is 5.23. The summed E-state index contributed by atoms with van der Waals surface area (Å²) in [6.07, 6.45) is 5.18. The number of ether oxygens (including phenoxy) is 2. The highest BCUT2D eigenvalue weighted by molar-refractivity contribution is 5.67. The lowest BCUT2D eigenvalue weighted by atomic mass is 10.1. The first-order chi connectivity index (χ1) is 14.7. The summed E-state index contributed by atoms with van der Waals surface area (Å²) in [5.41, 5.74) is 8.56. The van der Waals surface area contributed by atoms with Crippen LogP contribution in [0.4, 0.5) is 5.82 Å². The molecule has 2 N–H and O–H groups in total. The quantitative estimate of drug-likeness (QED) is 0.694. The van der Waals surface area contributed by atoms with Crippen LogP contribution in [0.2, 0.25) is 0 Å². The number of nitrogens with zero attached hydrogens (tertiary/aromatic N) is 5. The monoisotopic (exact) mass is 402 g/mol. The van der Waals surface area contributed by atoms with E-state index in [4.69, 9.17) is 15.2 Å². The van der Waals surface area contributed by atoms with Crippen LogP contribution in [0.25, 0.3) is 11.4 Å². The summed E-state index contributed by atoms with van der Waals surface area (Å²) in [5, 5.41) is 9.35. The third-order valence-corrected chi connectivity index (χ3v) is 4.89. The molecule has 8 heteroatoms. The fraction of sp³-hybridized carbons (Fsp3) is 0.273. The third-order valence-electron chi connectivity index (χ3n) is 4.89. The maximum Gasteiger partial charge on any atom is 0.162 e. The molecule has 4 rings (SSSR count). The number of hydrogen-bond donors (Lipinski definition) is 1. The zero-order valence-electron chi connectivity index (χ0n) is 16.7. The van der Waals surface area contributed by atoms with E-state index < -0.39 is 0 Å². The van der Waals surface area contributed by atoms with Crippen LogP contribution in [0.5, 0.6) is 11.5 Å². The van der Waals surface area contributed by atoms with Crippen LogP contribution in [0.3, 0.4) is 0 Å². The summed E-state index contributed by atoms with van der Waals surface area (Å²) >= 11 is 0. The van der Waals surface area contributed by atoms with Gasteiger partial charge in [-0.25, -0.2) is 15.0 Å². The van der Waals surface area contributed by atoms with Crippen LogP contribution >= 0.6 is 0 Å². The molecule has 0 spiro atoms. The molecule has 2 aromatic heterocycles. The van der Waals surface area contributed by atoms with Crippen molar-refractivity contribution in [2.75, 3.05) is 31.2 Å². The van der Waals surface area contributed by atoms with Gasteiger partial charge in [0, 0.05) is 55.4 Å². The smallest absolute Gasteiger partial charge is 0.162 e. The largest absolute Gasteiger partial charge is 0.456 e. The molecule has 1 aliphatic heterocycles. The molecule has 3 aromatic rings. The molecule has 1 saturated heterocycles. The van der Waals surface area contributed by atoms with Crippen LogP contribution < -0.4 is 15.4 Å². The second-order valence-electron chi connectivity index (χ2n) is 6.95. The molecule has 0 aliphatic carbocycles. The maximum absolute atomic E-state index is 9.35. The molecule has 0 bridgehead atoms. The van der Waals surface area contributed by atoms with E-state index in [1.807, 2.05) is 13.0 Å². The number of nitrogens with two attached hydrogens (primary N) is 1. The normalized spacial score (nSPS) is 13.7. The van der Waals surface area contributed by atoms with E-state index in [1.165, 1.54) is 0 Å². The third kappa shape index (κ3) is 4.22. The predicted octanol–water partition coefficient (Wildman–Crippen LogP) is 2.81. The Bertz CT molecular complexity index is 1070. The van der Waals surface area contributed by atoms with Gasteiger partial charge in [0.15, 0.2) is 5.82 Å². The molecule has 1 aromatic carbocycles. The summed E-state index contributed by atoms with van der Waals surface area (Å²) in [4.78, 5) is 15.5. The van der Waals surface area contributed by atoms with E-state index in [0.717, 1.165) is 30.0 Å². The Labute approximate surface area is 174 Å². The molecule has 1 aliphatic rings. The fourth-order valence-electron chi connectivity index (χ4n) is 3.15. The van der Waals surface area contributed by atoms with Crippen molar-refractivity contribution in [2.24, 2.45) is 5.73 Å². The van der Waals surface area contributed by atoms with Crippen molar-refractivity contribution in [1.82, 2.24) is 15.0 Å². The van der Waals surface area contributed by atoms with E-state index in [2.05, 4.69) is 25.9 Å². The Morgan fingerprint density at radius 1 is 1.10 bits per heavy atom. The number of aryl methyl sites for hydroxylation is 1. The van der Waals surface area contributed by atoms with Gasteiger partial charge in [-0.3, -0.25) is 0 Å². The lowest BCUT2D eigenvalue weighted by molar-refractivity contribution is 0.122. The van der Waals surface area contributed by atoms with Crippen molar-refractivity contribution in [1.29, 1.82) is 5.26 Å². The van der Waals surface area contributed by atoms with Gasteiger partial charge in [0.25, 0.3) is 0 Å². The lowest BCUT2D eigenvalue weighted by Crippen LogP contribution is -2.36. The van der Waals surface area contributed by atoms with Gasteiger partial charge in [-0.05, 0) is 25.1 Å². The van der Waals surface area contributed by atoms with E-state index >= 15 is 0 Å². The van der Waals surface area contributed by atoms with Gasteiger partial charge >= 0.3 is 0 Å². The molecule has 1 fully saturated rings. The van der Waals surface area contributed by atoms with Crippen molar-refractivity contribution in [3.8, 4) is 29.0 Å². The number of morpholine rings is 1. The molecule has 0 atom stereocenters. The molecule has 0 radical (unpaired) electrons. The summed E-state index contributed by atoms with van der Waals surface area (Å²) in [5.74, 6) is 2.52. The molecule has 8 nitrogen and oxygen atoms in total. The fourth-order valence-corrected chi connectivity index (χ4v) is 3.15. The first-order valence-electron chi connectivity index (χ1n) is 9.70. The van der Waals surface area contributed by atoms with Crippen molar-refractivity contribution in [3.05, 3.63) is 59.5 Å². The van der Waals surface area contributed by atoms with E-state index in [0.29, 0.717) is 48.2 Å². The second-order valence-corrected chi connectivity index (χ2v) is 6.95. The van der Waals surface area contributed by atoms with Gasteiger partial charge in [0.05, 0.1) is 30.4 Å². The molecular weight excluding hydrogens is 380 g/mol. The van der Waals surface area contributed by atoms with Crippen LogP contribution in [0.1, 0.15) is 16.7 Å². The van der Waals surface area contributed by atoms with Gasteiger partial charge in [-0.15, -0.1) is 0 Å². The zero-order chi connectivity index (χ0) is 20.9. The van der Waals surface area contributed by atoms with Crippen LogP contribution in [0.15, 0.2) is 42.9 Å². The number of benzene rings is 1. The SMILES string of the molecule is Cc1cnc(N2CCOCC2)cc1Oc1cc(C#N)ccc1-c1ncc(CN)cn1. The van der Waals surface area contributed by atoms with Crippen molar-refractivity contribution in [3.63, 3.8) is 0 Å². The maximum atomic E-state index is 9.35. The first-order valence-corrected chi connectivity index (χ1v) is 9.70. The first kappa shape index (κ1) is 19.8. The molecule has 30 heavy (non-hydrogen) atoms. The number of rotatable bonds is 5. The minimum Gasteiger partial charge on any atom is -0.456 e. The van der Waals surface area contributed by atoms with Crippen LogP contribution in [0, 0.1) is 18.3 Å². The van der Waals surface area contributed by atoms with Gasteiger partial charge in [0.1, 0.15) is 17.3 Å². The van der Waals surface area contributed by atoms with Crippen LogP contribution in [-0.4, -0.2) is 41.3 Å². The molecule has 0 unspecified atom stereocenters. The zero-order valence-corrected chi connectivity index (χ0v) is 16.7. The highest BCUT2D eigenvalue weighted by Crippen LogP contribution is 2.35. The summed E-state index contributed by atoms with van der Waals surface area (Å²) < 4.78 is 11.7. The van der Waals surface area contributed by atoms with Gasteiger partial charge < -0.3 is 20.1 Å². The van der Waals surface area contributed by atoms with Gasteiger partial charge in [-0.2, -0.15) is 5.26 Å². The number of aromatic nitrogens is 3. The Kier molecular flexibility index (Phi) is 5.84. The average molecular weight is 402 g/mol. The Morgan fingerprint density at radius 3 is 2.57 bits per heavy atom. The van der Waals surface area contributed by atoms with Gasteiger partial charge in [-0.1, -0.05) is 0 Å². The second kappa shape index (κ2) is 8.86. The Balaban J connectivity index is 1.70. The number of hydrogen-bond acceptors (Lipinski definition) is 8. The predicted molar refractivity (Wildman–Crippen MR) is 112 cm³/mol. The number of anilines is 1. The Morgan fingerprint density at radius 2 is 1.87 bits per heavy atom. The molecule has 0 saturated carbocycles. The van der Waals surface area contributed by atoms with Gasteiger partial charge in [0.2, 0.25) is 0 Å². The van der Waals surface area contributed by atoms with Crippen molar-refractivity contribution in [2.45, 2.75) is 13.5 Å². The van der Waals surface area contributed by atoms with E-state index in [9.17, 15) is 5.26 Å². The molecule has 0 amide bonds. The standard InChI is InChI=1S/C22H22N6O2/c1-15-12-25-21(28-4-6-29-7-5-28)9-19(15)30-20-8-16(10-23)2-3-18(20)22-26-13-17(11-24)14-27-22/h2-3,8-9,12-14H,4-7,11,24H2,1H3. The highest BCUT2D eigenvalue weighted by atomic mass is 16.5. The van der Waals surface area contributed by atoms with E-state index in [-0.39, 0.29) is 0 Å². The highest BCUT2D eigenvalue weighted by Gasteiger charge is 2.17. The number of pyridine rings is 1. The van der Waals surface area contributed by atoms with Crippen LogP contribution in [-0.2, 0) is 11.3 Å². The van der Waals surface area contributed by atoms with Crippen molar-refractivity contribution < 1.29 is 9.47 Å². The minimum atomic E-state index is 0.373. The lowest BCUT2D eigenvalue weighted by Gasteiger charge is -2.28. The Hall–Kier alpha value is -3.54. The van der Waals surface area contributed by atoms with Crippen molar-refractivity contribution >= 4 is 5.82 Å². The summed E-state index contributed by atoms with van der Waals surface area (Å²) in [7, 11) is 0.